The smallest absolute Gasteiger partial charge is 0.162 e. The van der Waals surface area contributed by atoms with Crippen LogP contribution in [0.15, 0.2) is 11.3 Å². The molecule has 1 aliphatic heterocycles. The van der Waals surface area contributed by atoms with Crippen molar-refractivity contribution in [3.8, 4) is 6.07 Å². The van der Waals surface area contributed by atoms with Gasteiger partial charge in [0.25, 0.3) is 0 Å². The van der Waals surface area contributed by atoms with Crippen LogP contribution >= 0.6 is 0 Å². The quantitative estimate of drug-likeness (QED) is 0.612. The summed E-state index contributed by atoms with van der Waals surface area (Å²) in [5.74, 6) is 1.08. The number of Topliss-reactive ketones (excluding diaryl/α,β-unsaturated/α-hetero) is 1. The van der Waals surface area contributed by atoms with Gasteiger partial charge >= 0.3 is 0 Å². The van der Waals surface area contributed by atoms with E-state index >= 15 is 0 Å². The lowest BCUT2D eigenvalue weighted by Gasteiger charge is -2.11. The van der Waals surface area contributed by atoms with Crippen LogP contribution in [0, 0.1) is 11.3 Å². The highest BCUT2D eigenvalue weighted by Crippen LogP contribution is 2.34. The molecule has 0 unspecified atom stereocenters. The Kier molecular flexibility index (Phi) is 2.05. The Morgan fingerprint density at radius 1 is 1.54 bits per heavy atom. The maximum absolute atomic E-state index is 11.4. The van der Waals surface area contributed by atoms with Gasteiger partial charge in [0.05, 0.1) is 12.5 Å². The van der Waals surface area contributed by atoms with Gasteiger partial charge in [-0.1, -0.05) is 0 Å². The maximum atomic E-state index is 11.4. The van der Waals surface area contributed by atoms with Crippen molar-refractivity contribution in [2.45, 2.75) is 38.2 Å². The minimum atomic E-state index is -0.0583. The normalized spacial score (nSPS) is 26.7. The first-order valence-electron chi connectivity index (χ1n) is 4.60. The summed E-state index contributed by atoms with van der Waals surface area (Å²) in [4.78, 5) is 11.4. The van der Waals surface area contributed by atoms with Crippen LogP contribution in [0.25, 0.3) is 0 Å². The molecular weight excluding hydrogens is 166 g/mol. The molecule has 2 aliphatic rings. The molecular formula is C10H11NO2. The zero-order valence-electron chi connectivity index (χ0n) is 7.38. The lowest BCUT2D eigenvalue weighted by Crippen LogP contribution is -2.08. The van der Waals surface area contributed by atoms with Crippen molar-refractivity contribution >= 4 is 5.78 Å². The molecule has 1 aliphatic carbocycles. The number of allylic oxidation sites excluding steroid dienone is 1. The van der Waals surface area contributed by atoms with Gasteiger partial charge in [-0.25, -0.2) is 0 Å². The van der Waals surface area contributed by atoms with Crippen LogP contribution in [0.5, 0.6) is 0 Å². The highest BCUT2D eigenvalue weighted by atomic mass is 16.5. The molecule has 0 aromatic rings. The summed E-state index contributed by atoms with van der Waals surface area (Å²) >= 11 is 0. The second kappa shape index (κ2) is 3.21. The Morgan fingerprint density at radius 3 is 3.08 bits per heavy atom. The average Bonchev–Trinajstić information content (AvgIpc) is 2.49. The number of carbonyl (C=O) groups is 1. The van der Waals surface area contributed by atoms with Gasteiger partial charge in [-0.05, 0) is 6.42 Å². The second-order valence-electron chi connectivity index (χ2n) is 3.48. The van der Waals surface area contributed by atoms with Crippen LogP contribution in [-0.2, 0) is 9.53 Å². The fraction of sp³-hybridized carbons (Fsp3) is 0.600. The number of ketones is 1. The highest BCUT2D eigenvalue weighted by molar-refractivity contribution is 5.97. The van der Waals surface area contributed by atoms with Gasteiger partial charge < -0.3 is 4.74 Å². The van der Waals surface area contributed by atoms with E-state index in [1.165, 1.54) is 0 Å². The van der Waals surface area contributed by atoms with Crippen molar-refractivity contribution in [1.29, 1.82) is 5.26 Å². The molecule has 0 saturated carbocycles. The minimum absolute atomic E-state index is 0.0583. The Labute approximate surface area is 77.0 Å². The number of nitrogens with zero attached hydrogens (tertiary/aromatic N) is 1. The van der Waals surface area contributed by atoms with Crippen LogP contribution in [0.2, 0.25) is 0 Å². The van der Waals surface area contributed by atoms with E-state index in [0.717, 1.165) is 24.2 Å². The van der Waals surface area contributed by atoms with E-state index in [0.29, 0.717) is 19.3 Å². The predicted octanol–water partition coefficient (Wildman–Crippen LogP) is 1.70. The van der Waals surface area contributed by atoms with Crippen LogP contribution in [0.3, 0.4) is 0 Å². The molecule has 2 rings (SSSR count). The van der Waals surface area contributed by atoms with Gasteiger partial charge in [-0.15, -0.1) is 0 Å². The average molecular weight is 177 g/mol. The summed E-state index contributed by atoms with van der Waals surface area (Å²) in [7, 11) is 0. The molecule has 13 heavy (non-hydrogen) atoms. The third kappa shape index (κ3) is 1.44. The maximum Gasteiger partial charge on any atom is 0.162 e. The van der Waals surface area contributed by atoms with Gasteiger partial charge in [0, 0.05) is 24.8 Å². The number of hydrogen-bond donors (Lipinski definition) is 0. The summed E-state index contributed by atoms with van der Waals surface area (Å²) in [6.07, 6.45) is 3.42. The monoisotopic (exact) mass is 177 g/mol. The summed E-state index contributed by atoms with van der Waals surface area (Å²) in [5.41, 5.74) is 0.853. The number of rotatable bonds is 1. The number of hydrogen-bond acceptors (Lipinski definition) is 3. The second-order valence-corrected chi connectivity index (χ2v) is 3.48. The van der Waals surface area contributed by atoms with Crippen LogP contribution in [0.4, 0.5) is 0 Å². The van der Waals surface area contributed by atoms with Gasteiger partial charge in [-0.2, -0.15) is 5.26 Å². The van der Waals surface area contributed by atoms with Crippen molar-refractivity contribution < 1.29 is 9.53 Å². The molecule has 3 heteroatoms. The topological polar surface area (TPSA) is 50.1 Å². The molecule has 0 saturated heterocycles. The van der Waals surface area contributed by atoms with E-state index in [2.05, 4.69) is 6.07 Å². The SMILES string of the molecule is N#CC[C@@H]1CC2=C(CCCC2=O)O1. The summed E-state index contributed by atoms with van der Waals surface area (Å²) < 4.78 is 5.51. The third-order valence-electron chi connectivity index (χ3n) is 2.54. The first kappa shape index (κ1) is 8.31. The van der Waals surface area contributed by atoms with E-state index < -0.39 is 0 Å². The number of ether oxygens (including phenoxy) is 1. The van der Waals surface area contributed by atoms with Crippen molar-refractivity contribution in [2.75, 3.05) is 0 Å². The van der Waals surface area contributed by atoms with Crippen molar-refractivity contribution in [3.63, 3.8) is 0 Å². The zero-order chi connectivity index (χ0) is 9.26. The van der Waals surface area contributed by atoms with E-state index in [1.54, 1.807) is 0 Å². The Hall–Kier alpha value is -1.30. The lowest BCUT2D eigenvalue weighted by atomic mass is 9.94. The molecule has 1 atom stereocenters. The van der Waals surface area contributed by atoms with Gasteiger partial charge in [0.15, 0.2) is 5.78 Å². The number of carbonyl (C=O) groups excluding carboxylic acids is 1. The standard InChI is InChI=1S/C10H11NO2/c11-5-4-7-6-8-9(12)2-1-3-10(8)13-7/h7H,1-4,6H2/t7-/m1/s1. The van der Waals surface area contributed by atoms with Crippen molar-refractivity contribution in [3.05, 3.63) is 11.3 Å². The molecule has 0 aromatic heterocycles. The Bertz CT molecular complexity index is 311. The van der Waals surface area contributed by atoms with Crippen LogP contribution in [0.1, 0.15) is 32.1 Å². The molecule has 0 aromatic carbocycles. The molecule has 0 N–H and O–H groups in total. The fourth-order valence-corrected chi connectivity index (χ4v) is 1.91. The molecule has 3 nitrogen and oxygen atoms in total. The van der Waals surface area contributed by atoms with Gasteiger partial charge in [0.2, 0.25) is 0 Å². The fourth-order valence-electron chi connectivity index (χ4n) is 1.91. The zero-order valence-corrected chi connectivity index (χ0v) is 7.38. The Morgan fingerprint density at radius 2 is 2.38 bits per heavy atom. The molecule has 0 amide bonds. The van der Waals surface area contributed by atoms with Crippen LogP contribution < -0.4 is 0 Å². The molecule has 1 heterocycles. The summed E-state index contributed by atoms with van der Waals surface area (Å²) in [6, 6.07) is 2.07. The first-order valence-corrected chi connectivity index (χ1v) is 4.60. The largest absolute Gasteiger partial charge is 0.493 e. The van der Waals surface area contributed by atoms with Crippen molar-refractivity contribution in [1.82, 2.24) is 0 Å². The first-order chi connectivity index (χ1) is 6.31. The lowest BCUT2D eigenvalue weighted by molar-refractivity contribution is -0.116. The molecule has 68 valence electrons. The third-order valence-corrected chi connectivity index (χ3v) is 2.54. The van der Waals surface area contributed by atoms with Crippen molar-refractivity contribution in [2.24, 2.45) is 0 Å². The van der Waals surface area contributed by atoms with Gasteiger partial charge in [-0.3, -0.25) is 4.79 Å². The minimum Gasteiger partial charge on any atom is -0.493 e. The predicted molar refractivity (Wildman–Crippen MR) is 45.6 cm³/mol. The highest BCUT2D eigenvalue weighted by Gasteiger charge is 2.31. The number of nitriles is 1. The van der Waals surface area contributed by atoms with E-state index in [-0.39, 0.29) is 11.9 Å². The molecule has 0 radical (unpaired) electrons. The van der Waals surface area contributed by atoms with Gasteiger partial charge in [0.1, 0.15) is 11.9 Å². The Balaban J connectivity index is 2.10. The molecule has 0 spiro atoms. The summed E-state index contributed by atoms with van der Waals surface area (Å²) in [5, 5.41) is 8.49. The van der Waals surface area contributed by atoms with E-state index in [4.69, 9.17) is 10.00 Å². The van der Waals surface area contributed by atoms with E-state index in [9.17, 15) is 4.79 Å². The summed E-state index contributed by atoms with van der Waals surface area (Å²) in [6.45, 7) is 0. The van der Waals surface area contributed by atoms with E-state index in [1.807, 2.05) is 0 Å². The molecule has 0 bridgehead atoms. The molecule has 0 fully saturated rings. The van der Waals surface area contributed by atoms with Crippen LogP contribution in [-0.4, -0.2) is 11.9 Å².